The molecule has 2 N–H and O–H groups in total. The van der Waals surface area contributed by atoms with Crippen LogP contribution in [0.1, 0.15) is 32.4 Å². The Labute approximate surface area is 124 Å². The number of rotatable bonds is 3. The molecule has 19 heavy (non-hydrogen) atoms. The standard InChI is InChI=1S/C15H24BrN3/c1-11(2)18-6-8-19(9-7-18)13-4-5-14(12(3)17)15(16)10-13/h4-5,10-12H,6-9,17H2,1-3H3/t12-/m1/s1. The number of nitrogens with zero attached hydrogens (tertiary/aromatic N) is 2. The molecule has 0 amide bonds. The Morgan fingerprint density at radius 1 is 1.11 bits per heavy atom. The molecule has 1 heterocycles. The second-order valence-electron chi connectivity index (χ2n) is 5.61. The molecule has 1 atom stereocenters. The molecule has 0 aliphatic carbocycles. The van der Waals surface area contributed by atoms with E-state index in [4.69, 9.17) is 5.73 Å². The quantitative estimate of drug-likeness (QED) is 0.927. The minimum atomic E-state index is 0.0706. The molecule has 0 radical (unpaired) electrons. The number of anilines is 1. The monoisotopic (exact) mass is 325 g/mol. The van der Waals surface area contributed by atoms with E-state index in [1.807, 2.05) is 6.92 Å². The maximum Gasteiger partial charge on any atom is 0.0378 e. The van der Waals surface area contributed by atoms with Crippen LogP contribution < -0.4 is 10.6 Å². The van der Waals surface area contributed by atoms with Gasteiger partial charge in [0.2, 0.25) is 0 Å². The molecule has 4 heteroatoms. The number of nitrogens with two attached hydrogens (primary N) is 1. The number of piperazine rings is 1. The van der Waals surface area contributed by atoms with E-state index in [1.165, 1.54) is 11.3 Å². The van der Waals surface area contributed by atoms with E-state index >= 15 is 0 Å². The molecule has 0 unspecified atom stereocenters. The molecule has 1 fully saturated rings. The zero-order valence-corrected chi connectivity index (χ0v) is 13.7. The Kier molecular flexibility index (Phi) is 4.87. The second-order valence-corrected chi connectivity index (χ2v) is 6.47. The number of halogens is 1. The maximum absolute atomic E-state index is 5.94. The number of hydrogen-bond acceptors (Lipinski definition) is 3. The first-order valence-corrected chi connectivity index (χ1v) is 7.82. The molecular formula is C15H24BrN3. The molecule has 0 spiro atoms. The van der Waals surface area contributed by atoms with E-state index in [0.29, 0.717) is 6.04 Å². The van der Waals surface area contributed by atoms with Crippen molar-refractivity contribution < 1.29 is 0 Å². The topological polar surface area (TPSA) is 32.5 Å². The molecule has 0 aromatic heterocycles. The fourth-order valence-corrected chi connectivity index (χ4v) is 3.31. The highest BCUT2D eigenvalue weighted by atomic mass is 79.9. The van der Waals surface area contributed by atoms with Gasteiger partial charge in [-0.1, -0.05) is 22.0 Å². The summed E-state index contributed by atoms with van der Waals surface area (Å²) in [6.45, 7) is 11.0. The first kappa shape index (κ1) is 14.8. The summed E-state index contributed by atoms with van der Waals surface area (Å²) in [6.07, 6.45) is 0. The Hall–Kier alpha value is -0.580. The third-order valence-electron chi connectivity index (χ3n) is 3.88. The maximum atomic E-state index is 5.94. The van der Waals surface area contributed by atoms with E-state index in [-0.39, 0.29) is 6.04 Å². The average molecular weight is 326 g/mol. The normalized spacial score (nSPS) is 18.9. The van der Waals surface area contributed by atoms with Crippen LogP contribution >= 0.6 is 15.9 Å². The predicted octanol–water partition coefficient (Wildman–Crippen LogP) is 3.00. The summed E-state index contributed by atoms with van der Waals surface area (Å²) in [5.74, 6) is 0. The first-order chi connectivity index (χ1) is 8.99. The van der Waals surface area contributed by atoms with Gasteiger partial charge >= 0.3 is 0 Å². The zero-order valence-electron chi connectivity index (χ0n) is 12.1. The van der Waals surface area contributed by atoms with Crippen molar-refractivity contribution in [1.29, 1.82) is 0 Å². The lowest BCUT2D eigenvalue weighted by molar-refractivity contribution is 0.209. The van der Waals surface area contributed by atoms with Crippen LogP contribution in [0.3, 0.4) is 0 Å². The first-order valence-electron chi connectivity index (χ1n) is 7.03. The van der Waals surface area contributed by atoms with Gasteiger partial charge in [0.25, 0.3) is 0 Å². The molecule has 1 aliphatic heterocycles. The van der Waals surface area contributed by atoms with Crippen molar-refractivity contribution in [3.8, 4) is 0 Å². The fraction of sp³-hybridized carbons (Fsp3) is 0.600. The zero-order chi connectivity index (χ0) is 14.0. The Bertz CT molecular complexity index is 423. The van der Waals surface area contributed by atoms with Gasteiger partial charge in [0.1, 0.15) is 0 Å². The SMILES string of the molecule is CC(C)N1CCN(c2ccc([C@@H](C)N)c(Br)c2)CC1. The summed E-state index contributed by atoms with van der Waals surface area (Å²) in [6, 6.07) is 7.24. The number of benzene rings is 1. The average Bonchev–Trinajstić information content (AvgIpc) is 2.38. The molecule has 1 aromatic rings. The lowest BCUT2D eigenvalue weighted by atomic mass is 10.1. The van der Waals surface area contributed by atoms with Crippen LogP contribution in [0.2, 0.25) is 0 Å². The van der Waals surface area contributed by atoms with E-state index in [9.17, 15) is 0 Å². The molecule has 106 valence electrons. The van der Waals surface area contributed by atoms with Gasteiger partial charge < -0.3 is 10.6 Å². The lowest BCUT2D eigenvalue weighted by Crippen LogP contribution is -2.48. The van der Waals surface area contributed by atoms with Crippen LogP contribution in [0.15, 0.2) is 22.7 Å². The number of hydrogen-bond donors (Lipinski definition) is 1. The van der Waals surface area contributed by atoms with E-state index in [2.05, 4.69) is 57.8 Å². The van der Waals surface area contributed by atoms with Gasteiger partial charge in [-0.15, -0.1) is 0 Å². The van der Waals surface area contributed by atoms with Crippen LogP contribution in [-0.2, 0) is 0 Å². The molecule has 1 aromatic carbocycles. The van der Waals surface area contributed by atoms with Crippen LogP contribution in [-0.4, -0.2) is 37.1 Å². The molecule has 3 nitrogen and oxygen atoms in total. The van der Waals surface area contributed by atoms with E-state index < -0.39 is 0 Å². The molecule has 0 bridgehead atoms. The third kappa shape index (κ3) is 3.50. The van der Waals surface area contributed by atoms with Crippen molar-refractivity contribution in [3.63, 3.8) is 0 Å². The van der Waals surface area contributed by atoms with Crippen LogP contribution in [0.25, 0.3) is 0 Å². The van der Waals surface area contributed by atoms with Crippen molar-refractivity contribution in [2.45, 2.75) is 32.9 Å². The minimum absolute atomic E-state index is 0.0706. The summed E-state index contributed by atoms with van der Waals surface area (Å²) in [5, 5.41) is 0. The highest BCUT2D eigenvalue weighted by molar-refractivity contribution is 9.10. The second kappa shape index (κ2) is 6.25. The minimum Gasteiger partial charge on any atom is -0.369 e. The Morgan fingerprint density at radius 3 is 2.21 bits per heavy atom. The van der Waals surface area contributed by atoms with Crippen molar-refractivity contribution in [2.75, 3.05) is 31.1 Å². The molecule has 2 rings (SSSR count). The van der Waals surface area contributed by atoms with Crippen molar-refractivity contribution in [1.82, 2.24) is 4.90 Å². The molecule has 1 saturated heterocycles. The smallest absolute Gasteiger partial charge is 0.0378 e. The van der Waals surface area contributed by atoms with Gasteiger partial charge in [-0.05, 0) is 38.5 Å². The van der Waals surface area contributed by atoms with Crippen LogP contribution in [0.4, 0.5) is 5.69 Å². The summed E-state index contributed by atoms with van der Waals surface area (Å²) >= 11 is 3.63. The third-order valence-corrected chi connectivity index (χ3v) is 4.57. The highest BCUT2D eigenvalue weighted by Gasteiger charge is 2.19. The largest absolute Gasteiger partial charge is 0.369 e. The van der Waals surface area contributed by atoms with Gasteiger partial charge in [-0.25, -0.2) is 0 Å². The highest BCUT2D eigenvalue weighted by Crippen LogP contribution is 2.28. The van der Waals surface area contributed by atoms with Gasteiger partial charge in [0.15, 0.2) is 0 Å². The summed E-state index contributed by atoms with van der Waals surface area (Å²) in [4.78, 5) is 4.98. The van der Waals surface area contributed by atoms with Gasteiger partial charge in [-0.3, -0.25) is 4.90 Å². The van der Waals surface area contributed by atoms with Crippen LogP contribution in [0, 0.1) is 0 Å². The summed E-state index contributed by atoms with van der Waals surface area (Å²) in [5.41, 5.74) is 8.41. The van der Waals surface area contributed by atoms with Crippen molar-refractivity contribution in [3.05, 3.63) is 28.2 Å². The van der Waals surface area contributed by atoms with Crippen LogP contribution in [0.5, 0.6) is 0 Å². The fourth-order valence-electron chi connectivity index (χ4n) is 2.58. The van der Waals surface area contributed by atoms with Gasteiger partial charge in [0, 0.05) is 48.4 Å². The Balaban J connectivity index is 2.06. The van der Waals surface area contributed by atoms with E-state index in [1.54, 1.807) is 0 Å². The van der Waals surface area contributed by atoms with E-state index in [0.717, 1.165) is 30.7 Å². The summed E-state index contributed by atoms with van der Waals surface area (Å²) in [7, 11) is 0. The molecular weight excluding hydrogens is 302 g/mol. The molecule has 0 saturated carbocycles. The van der Waals surface area contributed by atoms with Gasteiger partial charge in [-0.2, -0.15) is 0 Å². The van der Waals surface area contributed by atoms with Crippen molar-refractivity contribution >= 4 is 21.6 Å². The Morgan fingerprint density at radius 2 is 1.74 bits per heavy atom. The van der Waals surface area contributed by atoms with Gasteiger partial charge in [0.05, 0.1) is 0 Å². The predicted molar refractivity (Wildman–Crippen MR) is 85.7 cm³/mol. The lowest BCUT2D eigenvalue weighted by Gasteiger charge is -2.38. The molecule has 1 aliphatic rings. The van der Waals surface area contributed by atoms with Crippen molar-refractivity contribution in [2.24, 2.45) is 5.73 Å². The summed E-state index contributed by atoms with van der Waals surface area (Å²) < 4.78 is 1.12.